The van der Waals surface area contributed by atoms with E-state index in [0.29, 0.717) is 48.2 Å². The molecule has 7 nitrogen and oxygen atoms in total. The normalized spacial score (nSPS) is 27.6. The average Bonchev–Trinajstić information content (AvgIpc) is 3.25. The Morgan fingerprint density at radius 2 is 2.08 bits per heavy atom. The highest BCUT2D eigenvalue weighted by Gasteiger charge is 2.39. The third kappa shape index (κ3) is 4.10. The van der Waals surface area contributed by atoms with Crippen LogP contribution in [0.1, 0.15) is 44.4 Å². The zero-order valence-corrected chi connectivity index (χ0v) is 15.4. The van der Waals surface area contributed by atoms with Crippen LogP contribution in [0.5, 0.6) is 0 Å². The molecule has 142 valence electrons. The molecule has 2 atom stereocenters. The van der Waals surface area contributed by atoms with E-state index in [9.17, 15) is 4.79 Å². The summed E-state index contributed by atoms with van der Waals surface area (Å²) < 4.78 is 10.4. The summed E-state index contributed by atoms with van der Waals surface area (Å²) in [6.07, 6.45) is 7.99. The van der Waals surface area contributed by atoms with Crippen molar-refractivity contribution < 1.29 is 13.7 Å². The molecule has 2 heterocycles. The van der Waals surface area contributed by atoms with Crippen LogP contribution in [0.4, 0.5) is 0 Å². The predicted molar refractivity (Wildman–Crippen MR) is 97.5 cm³/mol. The molecule has 2 aromatic heterocycles. The summed E-state index contributed by atoms with van der Waals surface area (Å²) in [5.41, 5.74) is 6.15. The molecule has 8 heteroatoms. The summed E-state index contributed by atoms with van der Waals surface area (Å²) in [4.78, 5) is 16.7. The van der Waals surface area contributed by atoms with Crippen LogP contribution in [0.3, 0.4) is 0 Å². The zero-order chi connectivity index (χ0) is 17.2. The van der Waals surface area contributed by atoms with Gasteiger partial charge in [0.25, 0.3) is 0 Å². The molecule has 26 heavy (non-hydrogen) atoms. The Balaban J connectivity index is 0.00000196. The van der Waals surface area contributed by atoms with Gasteiger partial charge in [-0.25, -0.2) is 0 Å². The van der Waals surface area contributed by atoms with E-state index in [2.05, 4.69) is 15.5 Å². The quantitative estimate of drug-likeness (QED) is 0.825. The van der Waals surface area contributed by atoms with E-state index >= 15 is 0 Å². The summed E-state index contributed by atoms with van der Waals surface area (Å²) in [6, 6.07) is 4.11. The number of aryl methyl sites for hydroxylation is 1. The molecule has 2 fully saturated rings. The van der Waals surface area contributed by atoms with Crippen LogP contribution in [-0.2, 0) is 11.2 Å². The van der Waals surface area contributed by atoms with E-state index in [4.69, 9.17) is 14.7 Å². The number of hydrogen-bond donors (Lipinski definition) is 2. The molecule has 1 amide bonds. The molecule has 2 aliphatic carbocycles. The van der Waals surface area contributed by atoms with Crippen molar-refractivity contribution in [3.05, 3.63) is 24.3 Å². The number of nitrogens with zero attached hydrogens (tertiary/aromatic N) is 2. The molecule has 0 spiro atoms. The first kappa shape index (κ1) is 18.9. The molecule has 3 N–H and O–H groups in total. The molecule has 2 aliphatic rings. The fourth-order valence-electron chi connectivity index (χ4n) is 4.37. The first-order chi connectivity index (χ1) is 12.2. The number of nitrogens with one attached hydrogen (secondary N) is 1. The number of rotatable bonds is 5. The van der Waals surface area contributed by atoms with Crippen molar-refractivity contribution in [2.45, 2.75) is 57.0 Å². The largest absolute Gasteiger partial charge is 0.461 e. The topological polar surface area (TPSA) is 107 Å². The Morgan fingerprint density at radius 1 is 1.31 bits per heavy atom. The number of hydrogen-bond acceptors (Lipinski definition) is 6. The van der Waals surface area contributed by atoms with E-state index in [1.165, 1.54) is 19.3 Å². The van der Waals surface area contributed by atoms with Crippen LogP contribution >= 0.6 is 12.4 Å². The highest BCUT2D eigenvalue weighted by molar-refractivity contribution is 5.85. The molecule has 2 aromatic rings. The maximum atomic E-state index is 12.4. The van der Waals surface area contributed by atoms with Gasteiger partial charge in [0.1, 0.15) is 0 Å². The van der Waals surface area contributed by atoms with Crippen LogP contribution < -0.4 is 11.1 Å². The van der Waals surface area contributed by atoms with Gasteiger partial charge in [0.15, 0.2) is 5.76 Å². The number of furan rings is 1. The summed E-state index contributed by atoms with van der Waals surface area (Å²) in [5.74, 6) is 2.53. The monoisotopic (exact) mass is 380 g/mol. The summed E-state index contributed by atoms with van der Waals surface area (Å²) in [5, 5.41) is 7.12. The predicted octanol–water partition coefficient (Wildman–Crippen LogP) is 2.71. The SMILES string of the molecule is Cl.NC1CC2CCCC(C1)C2NC(=O)CCc1nc(-c2ccco2)no1. The molecule has 2 bridgehead atoms. The first-order valence-corrected chi connectivity index (χ1v) is 9.10. The third-order valence-electron chi connectivity index (χ3n) is 5.48. The lowest BCUT2D eigenvalue weighted by atomic mass is 9.67. The van der Waals surface area contributed by atoms with E-state index in [1.54, 1.807) is 18.4 Å². The molecular formula is C18H25ClN4O3. The summed E-state index contributed by atoms with van der Waals surface area (Å²) in [7, 11) is 0. The zero-order valence-electron chi connectivity index (χ0n) is 14.6. The maximum Gasteiger partial charge on any atom is 0.238 e. The van der Waals surface area contributed by atoms with Crippen molar-refractivity contribution in [3.63, 3.8) is 0 Å². The minimum absolute atomic E-state index is 0. The lowest BCUT2D eigenvalue weighted by Gasteiger charge is -2.45. The van der Waals surface area contributed by atoms with Gasteiger partial charge < -0.3 is 20.0 Å². The lowest BCUT2D eigenvalue weighted by Crippen LogP contribution is -2.53. The van der Waals surface area contributed by atoms with E-state index in [1.807, 2.05) is 0 Å². The van der Waals surface area contributed by atoms with Crippen molar-refractivity contribution >= 4 is 18.3 Å². The van der Waals surface area contributed by atoms with Gasteiger partial charge in [-0.15, -0.1) is 12.4 Å². The van der Waals surface area contributed by atoms with E-state index in [-0.39, 0.29) is 24.4 Å². The molecule has 0 saturated heterocycles. The Kier molecular flexibility index (Phi) is 5.98. The van der Waals surface area contributed by atoms with E-state index in [0.717, 1.165) is 12.8 Å². The lowest BCUT2D eigenvalue weighted by molar-refractivity contribution is -0.123. The smallest absolute Gasteiger partial charge is 0.238 e. The minimum atomic E-state index is 0. The Morgan fingerprint density at radius 3 is 2.77 bits per heavy atom. The molecule has 2 saturated carbocycles. The van der Waals surface area contributed by atoms with Gasteiger partial charge in [-0.3, -0.25) is 4.79 Å². The second-order valence-corrected chi connectivity index (χ2v) is 7.26. The van der Waals surface area contributed by atoms with E-state index < -0.39 is 0 Å². The van der Waals surface area contributed by atoms with Crippen molar-refractivity contribution in [1.29, 1.82) is 0 Å². The van der Waals surface area contributed by atoms with Gasteiger partial charge in [0.2, 0.25) is 17.6 Å². The van der Waals surface area contributed by atoms with Crippen molar-refractivity contribution in [1.82, 2.24) is 15.5 Å². The fraction of sp³-hybridized carbons (Fsp3) is 0.611. The maximum absolute atomic E-state index is 12.4. The fourth-order valence-corrected chi connectivity index (χ4v) is 4.37. The van der Waals surface area contributed by atoms with Gasteiger partial charge in [0, 0.05) is 24.9 Å². The van der Waals surface area contributed by atoms with Gasteiger partial charge in [-0.1, -0.05) is 11.6 Å². The number of carbonyl (C=O) groups excluding carboxylic acids is 1. The molecule has 2 unspecified atom stereocenters. The minimum Gasteiger partial charge on any atom is -0.461 e. The number of nitrogens with two attached hydrogens (primary N) is 1. The molecular weight excluding hydrogens is 356 g/mol. The van der Waals surface area contributed by atoms with Gasteiger partial charge in [0.05, 0.1) is 6.26 Å². The number of aromatic nitrogens is 2. The highest BCUT2D eigenvalue weighted by atomic mass is 35.5. The van der Waals surface area contributed by atoms with Crippen LogP contribution in [-0.4, -0.2) is 28.1 Å². The van der Waals surface area contributed by atoms with Crippen LogP contribution in [0.2, 0.25) is 0 Å². The van der Waals surface area contributed by atoms with Crippen LogP contribution in [0.25, 0.3) is 11.6 Å². The van der Waals surface area contributed by atoms with Gasteiger partial charge in [-0.2, -0.15) is 4.98 Å². The van der Waals surface area contributed by atoms with Crippen LogP contribution in [0.15, 0.2) is 27.3 Å². The van der Waals surface area contributed by atoms with Gasteiger partial charge in [-0.05, 0) is 49.7 Å². The van der Waals surface area contributed by atoms with Crippen LogP contribution in [0, 0.1) is 11.8 Å². The number of carbonyl (C=O) groups is 1. The Hall–Kier alpha value is -1.86. The number of halogens is 1. The van der Waals surface area contributed by atoms with Gasteiger partial charge >= 0.3 is 0 Å². The Labute approximate surface area is 158 Å². The van der Waals surface area contributed by atoms with Crippen molar-refractivity contribution in [2.75, 3.05) is 0 Å². The van der Waals surface area contributed by atoms with Crippen molar-refractivity contribution in [3.8, 4) is 11.6 Å². The second kappa shape index (κ2) is 8.22. The average molecular weight is 381 g/mol. The molecule has 0 aliphatic heterocycles. The molecule has 0 radical (unpaired) electrons. The summed E-state index contributed by atoms with van der Waals surface area (Å²) in [6.45, 7) is 0. The standard InChI is InChI=1S/C18H24N4O3.ClH/c19-13-9-11-3-1-4-12(10-13)17(11)20-15(23)6-7-16-21-18(22-25-16)14-5-2-8-24-14;/h2,5,8,11-13,17H,1,3-4,6-7,9-10,19H2,(H,20,23);1H. The highest BCUT2D eigenvalue weighted by Crippen LogP contribution is 2.39. The van der Waals surface area contributed by atoms with Crippen molar-refractivity contribution in [2.24, 2.45) is 17.6 Å². The third-order valence-corrected chi connectivity index (χ3v) is 5.48. The first-order valence-electron chi connectivity index (χ1n) is 9.10. The number of amides is 1. The molecule has 0 aromatic carbocycles. The second-order valence-electron chi connectivity index (χ2n) is 7.26. The number of fused-ring (bicyclic) bond motifs is 2. The molecule has 4 rings (SSSR count). The Bertz CT molecular complexity index is 704. The summed E-state index contributed by atoms with van der Waals surface area (Å²) >= 11 is 0.